The third-order valence-electron chi connectivity index (χ3n) is 4.45. The van der Waals surface area contributed by atoms with Gasteiger partial charge in [-0.05, 0) is 80.1 Å². The van der Waals surface area contributed by atoms with Gasteiger partial charge in [-0.2, -0.15) is 0 Å². The van der Waals surface area contributed by atoms with Gasteiger partial charge in [0, 0.05) is 11.4 Å². The first kappa shape index (κ1) is 22.2. The van der Waals surface area contributed by atoms with E-state index in [1.54, 1.807) is 37.3 Å². The van der Waals surface area contributed by atoms with Crippen LogP contribution in [0, 0.1) is 6.92 Å². The van der Waals surface area contributed by atoms with Crippen molar-refractivity contribution >= 4 is 27.3 Å². The maximum Gasteiger partial charge on any atom is 0.265 e. The van der Waals surface area contributed by atoms with Crippen LogP contribution in [-0.4, -0.2) is 27.5 Å². The van der Waals surface area contributed by atoms with Crippen LogP contribution in [0.15, 0.2) is 77.7 Å². The minimum Gasteiger partial charge on any atom is -0.497 e. The minimum absolute atomic E-state index is 0.0744. The topological polar surface area (TPSA) is 93.7 Å². The first-order valence-electron chi connectivity index (χ1n) is 9.58. The molecule has 0 saturated heterocycles. The summed E-state index contributed by atoms with van der Waals surface area (Å²) in [5.41, 5.74) is 1.92. The maximum atomic E-state index is 12.6. The molecule has 31 heavy (non-hydrogen) atoms. The molecule has 0 aliphatic carbocycles. The number of anilines is 2. The number of ether oxygens (including phenoxy) is 2. The molecule has 3 aromatic rings. The van der Waals surface area contributed by atoms with E-state index in [4.69, 9.17) is 9.47 Å². The lowest BCUT2D eigenvalue weighted by Crippen LogP contribution is -2.30. The summed E-state index contributed by atoms with van der Waals surface area (Å²) in [4.78, 5) is 12.5. The van der Waals surface area contributed by atoms with Crippen LogP contribution in [-0.2, 0) is 14.8 Å². The molecule has 0 aromatic heterocycles. The van der Waals surface area contributed by atoms with Gasteiger partial charge in [0.05, 0.1) is 12.0 Å². The SMILES string of the molecule is COc1ccc(NS(=O)(=O)c2ccc(NC(=O)C(C)Oc3cccc(C)c3)cc2)cc1. The lowest BCUT2D eigenvalue weighted by molar-refractivity contribution is -0.122. The maximum absolute atomic E-state index is 12.6. The van der Waals surface area contributed by atoms with Crippen molar-refractivity contribution in [3.05, 3.63) is 78.4 Å². The number of carbonyl (C=O) groups excluding carboxylic acids is 1. The zero-order valence-corrected chi connectivity index (χ0v) is 18.3. The number of nitrogens with one attached hydrogen (secondary N) is 2. The highest BCUT2D eigenvalue weighted by molar-refractivity contribution is 7.92. The molecule has 7 nitrogen and oxygen atoms in total. The van der Waals surface area contributed by atoms with E-state index in [1.807, 2.05) is 25.1 Å². The number of methoxy groups -OCH3 is 1. The molecule has 3 aromatic carbocycles. The van der Waals surface area contributed by atoms with Crippen LogP contribution in [0.4, 0.5) is 11.4 Å². The van der Waals surface area contributed by atoms with E-state index < -0.39 is 16.1 Å². The van der Waals surface area contributed by atoms with E-state index in [-0.39, 0.29) is 10.8 Å². The molecule has 8 heteroatoms. The van der Waals surface area contributed by atoms with Crippen LogP contribution < -0.4 is 19.5 Å². The van der Waals surface area contributed by atoms with Gasteiger partial charge in [0.25, 0.3) is 15.9 Å². The van der Waals surface area contributed by atoms with Crippen molar-refractivity contribution < 1.29 is 22.7 Å². The number of carbonyl (C=O) groups is 1. The van der Waals surface area contributed by atoms with E-state index in [0.717, 1.165) is 5.56 Å². The molecule has 1 amide bonds. The molecule has 0 radical (unpaired) electrons. The molecule has 0 spiro atoms. The highest BCUT2D eigenvalue weighted by Crippen LogP contribution is 2.21. The Hall–Kier alpha value is -3.52. The smallest absolute Gasteiger partial charge is 0.265 e. The lowest BCUT2D eigenvalue weighted by atomic mass is 10.2. The van der Waals surface area contributed by atoms with Gasteiger partial charge in [0.1, 0.15) is 11.5 Å². The second-order valence-electron chi connectivity index (χ2n) is 6.92. The van der Waals surface area contributed by atoms with Gasteiger partial charge in [-0.1, -0.05) is 12.1 Å². The van der Waals surface area contributed by atoms with Gasteiger partial charge < -0.3 is 14.8 Å². The zero-order valence-electron chi connectivity index (χ0n) is 17.5. The van der Waals surface area contributed by atoms with Gasteiger partial charge in [-0.25, -0.2) is 8.42 Å². The lowest BCUT2D eigenvalue weighted by Gasteiger charge is -2.15. The van der Waals surface area contributed by atoms with Gasteiger partial charge >= 0.3 is 0 Å². The Balaban J connectivity index is 1.62. The molecule has 162 valence electrons. The van der Waals surface area contributed by atoms with Crippen LogP contribution in [0.2, 0.25) is 0 Å². The number of hydrogen-bond donors (Lipinski definition) is 2. The van der Waals surface area contributed by atoms with Crippen molar-refractivity contribution in [3.8, 4) is 11.5 Å². The molecule has 1 unspecified atom stereocenters. The fraction of sp³-hybridized carbons (Fsp3) is 0.174. The predicted octanol–water partition coefficient (Wildman–Crippen LogP) is 4.21. The number of aryl methyl sites for hydroxylation is 1. The Kier molecular flexibility index (Phi) is 6.81. The molecule has 0 aliphatic rings. The summed E-state index contributed by atoms with van der Waals surface area (Å²) in [6.07, 6.45) is -0.720. The summed E-state index contributed by atoms with van der Waals surface area (Å²) in [6.45, 7) is 3.59. The van der Waals surface area contributed by atoms with Crippen molar-refractivity contribution in [2.24, 2.45) is 0 Å². The van der Waals surface area contributed by atoms with E-state index in [2.05, 4.69) is 10.0 Å². The Morgan fingerprint density at radius 1 is 0.903 bits per heavy atom. The van der Waals surface area contributed by atoms with Crippen LogP contribution in [0.5, 0.6) is 11.5 Å². The monoisotopic (exact) mass is 440 g/mol. The Labute approximate surface area is 182 Å². The Morgan fingerprint density at radius 2 is 1.55 bits per heavy atom. The van der Waals surface area contributed by atoms with Crippen molar-refractivity contribution in [3.63, 3.8) is 0 Å². The van der Waals surface area contributed by atoms with Crippen LogP contribution in [0.25, 0.3) is 0 Å². The molecule has 0 aliphatic heterocycles. The summed E-state index contributed by atoms with van der Waals surface area (Å²) in [6, 6.07) is 19.9. The molecule has 3 rings (SSSR count). The van der Waals surface area contributed by atoms with Gasteiger partial charge in [-0.3, -0.25) is 9.52 Å². The summed E-state index contributed by atoms with van der Waals surface area (Å²) in [7, 11) is -2.23. The molecule has 0 fully saturated rings. The summed E-state index contributed by atoms with van der Waals surface area (Å²) in [5, 5.41) is 2.72. The van der Waals surface area contributed by atoms with E-state index in [1.165, 1.54) is 31.4 Å². The van der Waals surface area contributed by atoms with Crippen molar-refractivity contribution in [2.45, 2.75) is 24.8 Å². The van der Waals surface area contributed by atoms with Crippen LogP contribution in [0.3, 0.4) is 0 Å². The van der Waals surface area contributed by atoms with E-state index in [9.17, 15) is 13.2 Å². The summed E-state index contributed by atoms with van der Waals surface area (Å²) < 4.78 is 38.4. The van der Waals surface area contributed by atoms with Crippen molar-refractivity contribution in [2.75, 3.05) is 17.1 Å². The summed E-state index contributed by atoms with van der Waals surface area (Å²) >= 11 is 0. The molecule has 0 saturated carbocycles. The number of amides is 1. The second-order valence-corrected chi connectivity index (χ2v) is 8.61. The Morgan fingerprint density at radius 3 is 2.16 bits per heavy atom. The van der Waals surface area contributed by atoms with Crippen LogP contribution >= 0.6 is 0 Å². The molecule has 2 N–H and O–H groups in total. The van der Waals surface area contributed by atoms with Crippen molar-refractivity contribution in [1.82, 2.24) is 0 Å². The Bertz CT molecular complexity index is 1140. The fourth-order valence-electron chi connectivity index (χ4n) is 2.78. The number of hydrogen-bond acceptors (Lipinski definition) is 5. The first-order valence-corrected chi connectivity index (χ1v) is 11.1. The minimum atomic E-state index is -3.77. The highest BCUT2D eigenvalue weighted by atomic mass is 32.2. The quantitative estimate of drug-likeness (QED) is 0.547. The number of sulfonamides is 1. The number of rotatable bonds is 8. The van der Waals surface area contributed by atoms with Gasteiger partial charge in [0.2, 0.25) is 0 Å². The van der Waals surface area contributed by atoms with Gasteiger partial charge in [0.15, 0.2) is 6.10 Å². The average molecular weight is 441 g/mol. The normalized spacial score (nSPS) is 12.0. The van der Waals surface area contributed by atoms with Crippen LogP contribution in [0.1, 0.15) is 12.5 Å². The average Bonchev–Trinajstić information content (AvgIpc) is 2.74. The molecule has 0 bridgehead atoms. The molecular weight excluding hydrogens is 416 g/mol. The highest BCUT2D eigenvalue weighted by Gasteiger charge is 2.17. The van der Waals surface area contributed by atoms with E-state index in [0.29, 0.717) is 22.9 Å². The third-order valence-corrected chi connectivity index (χ3v) is 5.84. The predicted molar refractivity (Wildman–Crippen MR) is 120 cm³/mol. The number of benzene rings is 3. The standard InChI is InChI=1S/C23H24N2O5S/c1-16-5-4-6-21(15-16)30-17(2)23(26)24-18-9-13-22(14-10-18)31(27,28)25-19-7-11-20(29-3)12-8-19/h4-15,17,25H,1-3H3,(H,24,26). The first-order chi connectivity index (χ1) is 14.8. The second kappa shape index (κ2) is 9.53. The van der Waals surface area contributed by atoms with E-state index >= 15 is 0 Å². The molecule has 0 heterocycles. The summed E-state index contributed by atoms with van der Waals surface area (Å²) in [5.74, 6) is 0.894. The molecule has 1 atom stereocenters. The zero-order chi connectivity index (χ0) is 22.4. The molecular formula is C23H24N2O5S. The largest absolute Gasteiger partial charge is 0.497 e. The fourth-order valence-corrected chi connectivity index (χ4v) is 3.84. The van der Waals surface area contributed by atoms with Crippen molar-refractivity contribution in [1.29, 1.82) is 0 Å². The van der Waals surface area contributed by atoms with Gasteiger partial charge in [-0.15, -0.1) is 0 Å². The third kappa shape index (κ3) is 5.99.